The van der Waals surface area contributed by atoms with Crippen LogP contribution in [0.1, 0.15) is 52.4 Å². The third kappa shape index (κ3) is 7.44. The third-order valence-electron chi connectivity index (χ3n) is 1.88. The number of unbranched alkanes of at least 4 members (excludes halogenated alkanes) is 4. The van der Waals surface area contributed by atoms with Gasteiger partial charge in [-0.05, 0) is 12.8 Å². The van der Waals surface area contributed by atoms with Crippen LogP contribution in [-0.2, 0) is 4.79 Å². The van der Waals surface area contributed by atoms with Crippen molar-refractivity contribution in [3.63, 3.8) is 0 Å². The molecule has 0 radical (unpaired) electrons. The maximum absolute atomic E-state index is 10.2. The lowest BCUT2D eigenvalue weighted by atomic mass is 10.0. The largest absolute Gasteiger partial charge is 0.296 e. The van der Waals surface area contributed by atoms with Crippen LogP contribution in [0.5, 0.6) is 0 Å². The second kappa shape index (κ2) is 7.64. The lowest BCUT2D eigenvalue weighted by molar-refractivity contribution is -0.106. The van der Waals surface area contributed by atoms with Gasteiger partial charge in [-0.1, -0.05) is 26.2 Å². The van der Waals surface area contributed by atoms with Crippen LogP contribution in [0.4, 0.5) is 0 Å². The molecule has 0 saturated heterocycles. The maximum atomic E-state index is 10.2. The fourth-order valence-electron chi connectivity index (χ4n) is 1.07. The van der Waals surface area contributed by atoms with E-state index in [0.717, 1.165) is 18.6 Å². The van der Waals surface area contributed by atoms with Gasteiger partial charge < -0.3 is 0 Å². The summed E-state index contributed by atoms with van der Waals surface area (Å²) < 4.78 is 0. The summed E-state index contributed by atoms with van der Waals surface area (Å²) in [6.45, 7) is 4.12. The Morgan fingerprint density at radius 2 is 1.82 bits per heavy atom. The molecule has 0 heterocycles. The van der Waals surface area contributed by atoms with Crippen molar-refractivity contribution < 1.29 is 4.79 Å². The zero-order chi connectivity index (χ0) is 8.53. The van der Waals surface area contributed by atoms with Crippen LogP contribution in [0.25, 0.3) is 0 Å². The Bertz CT molecular complexity index is 88.9. The van der Waals surface area contributed by atoms with Crippen LogP contribution in [0.3, 0.4) is 0 Å². The van der Waals surface area contributed by atoms with E-state index in [4.69, 9.17) is 0 Å². The monoisotopic (exact) mass is 155 g/mol. The molecule has 0 bridgehead atoms. The number of carbonyl (C=O) groups excluding carboxylic acids is 1. The van der Waals surface area contributed by atoms with E-state index in [1.165, 1.54) is 32.1 Å². The first kappa shape index (κ1) is 10.5. The molecule has 1 heteroatoms. The minimum absolute atomic E-state index is 0.972. The topological polar surface area (TPSA) is 17.1 Å². The van der Waals surface area contributed by atoms with Gasteiger partial charge in [-0.25, -0.2) is 4.79 Å². The van der Waals surface area contributed by atoms with Gasteiger partial charge in [-0.15, -0.1) is 0 Å². The number of hydrogen-bond acceptors (Lipinski definition) is 1. The summed E-state index contributed by atoms with van der Waals surface area (Å²) in [5.41, 5.74) is 0. The summed E-state index contributed by atoms with van der Waals surface area (Å²) >= 11 is 0. The van der Waals surface area contributed by atoms with Crippen LogP contribution < -0.4 is 0 Å². The molecule has 0 aliphatic heterocycles. The normalized spacial score (nSPS) is 9.64. The van der Waals surface area contributed by atoms with Crippen LogP contribution in [-0.4, -0.2) is 6.29 Å². The maximum Gasteiger partial charge on any atom is 0.296 e. The Labute approximate surface area is 70.2 Å². The van der Waals surface area contributed by atoms with E-state index in [2.05, 4.69) is 6.92 Å². The Kier molecular flexibility index (Phi) is 7.33. The van der Waals surface area contributed by atoms with Gasteiger partial charge in [0, 0.05) is 0 Å². The molecule has 0 atom stereocenters. The van der Waals surface area contributed by atoms with Crippen LogP contribution in [0.15, 0.2) is 0 Å². The molecular formula is C10H19O+. The van der Waals surface area contributed by atoms with Crippen molar-refractivity contribution in [3.8, 4) is 0 Å². The lowest BCUT2D eigenvalue weighted by Crippen LogP contribution is -1.91. The molecule has 0 spiro atoms. The Balaban J connectivity index is 2.95. The van der Waals surface area contributed by atoms with E-state index in [1.54, 1.807) is 0 Å². The minimum Gasteiger partial charge on any atom is -0.247 e. The van der Waals surface area contributed by atoms with E-state index in [9.17, 15) is 4.79 Å². The van der Waals surface area contributed by atoms with Crippen molar-refractivity contribution >= 4 is 6.29 Å². The second-order valence-electron chi connectivity index (χ2n) is 3.13. The highest BCUT2D eigenvalue weighted by atomic mass is 16.1. The molecule has 0 aromatic rings. The predicted octanol–water partition coefficient (Wildman–Crippen LogP) is 3.14. The molecule has 0 amide bonds. The van der Waals surface area contributed by atoms with Gasteiger partial charge in [0.25, 0.3) is 6.29 Å². The number of hydrogen-bond donors (Lipinski definition) is 0. The highest BCUT2D eigenvalue weighted by molar-refractivity contribution is 5.67. The van der Waals surface area contributed by atoms with Crippen LogP contribution in [0.2, 0.25) is 0 Å². The van der Waals surface area contributed by atoms with Gasteiger partial charge in [-0.3, -0.25) is 0 Å². The molecule has 0 aromatic heterocycles. The molecule has 1 nitrogen and oxygen atoms in total. The van der Waals surface area contributed by atoms with Gasteiger partial charge in [0.1, 0.15) is 0 Å². The molecule has 0 unspecified atom stereocenters. The molecule has 0 rings (SSSR count). The summed E-state index contributed by atoms with van der Waals surface area (Å²) in [5.74, 6) is 0.987. The van der Waals surface area contributed by atoms with Crippen LogP contribution >= 0.6 is 0 Å². The van der Waals surface area contributed by atoms with Gasteiger partial charge >= 0.3 is 0 Å². The molecule has 64 valence electrons. The fourth-order valence-corrected chi connectivity index (χ4v) is 1.07. The number of carbonyl (C=O) groups is 1. The van der Waals surface area contributed by atoms with Crippen molar-refractivity contribution in [2.75, 3.05) is 0 Å². The summed E-state index contributed by atoms with van der Waals surface area (Å²) in [5, 5.41) is 0. The van der Waals surface area contributed by atoms with Crippen molar-refractivity contribution in [2.24, 2.45) is 0 Å². The third-order valence-corrected chi connectivity index (χ3v) is 1.88. The highest BCUT2D eigenvalue weighted by Gasteiger charge is 2.09. The quantitative estimate of drug-likeness (QED) is 0.313. The SMILES string of the molecule is CCCCCCC[C+](C)C=O. The first-order valence-electron chi connectivity index (χ1n) is 4.59. The average Bonchev–Trinajstić information content (AvgIpc) is 2.04. The minimum atomic E-state index is 0.972. The smallest absolute Gasteiger partial charge is 0.247 e. The summed E-state index contributed by atoms with van der Waals surface area (Å²) in [4.78, 5) is 10.2. The molecule has 0 saturated carbocycles. The lowest BCUT2D eigenvalue weighted by Gasteiger charge is -1.95. The molecule has 0 fully saturated rings. The van der Waals surface area contributed by atoms with Gasteiger partial charge in [0.15, 0.2) is 5.92 Å². The zero-order valence-corrected chi connectivity index (χ0v) is 7.73. The molecule has 0 aromatic carbocycles. The first-order chi connectivity index (χ1) is 5.31. The van der Waals surface area contributed by atoms with Crippen molar-refractivity contribution in [1.29, 1.82) is 0 Å². The Morgan fingerprint density at radius 3 is 2.36 bits per heavy atom. The van der Waals surface area contributed by atoms with Crippen molar-refractivity contribution in [3.05, 3.63) is 5.92 Å². The summed E-state index contributed by atoms with van der Waals surface area (Å²) in [6, 6.07) is 0. The molecule has 11 heavy (non-hydrogen) atoms. The molecule has 0 aliphatic carbocycles. The van der Waals surface area contributed by atoms with Gasteiger partial charge in [-0.2, -0.15) is 0 Å². The highest BCUT2D eigenvalue weighted by Crippen LogP contribution is 2.10. The standard InChI is InChI=1S/C10H19O/c1-3-4-5-6-7-8-10(2)9-11/h9H,3-8H2,1-2H3/q+1. The van der Waals surface area contributed by atoms with E-state index >= 15 is 0 Å². The number of rotatable bonds is 7. The Hall–Kier alpha value is -0.460. The van der Waals surface area contributed by atoms with E-state index in [1.807, 2.05) is 6.92 Å². The average molecular weight is 155 g/mol. The van der Waals surface area contributed by atoms with E-state index in [-0.39, 0.29) is 0 Å². The van der Waals surface area contributed by atoms with Crippen molar-refractivity contribution in [1.82, 2.24) is 0 Å². The van der Waals surface area contributed by atoms with Crippen molar-refractivity contribution in [2.45, 2.75) is 52.4 Å². The first-order valence-corrected chi connectivity index (χ1v) is 4.59. The molecular weight excluding hydrogens is 136 g/mol. The summed E-state index contributed by atoms with van der Waals surface area (Å²) in [6.07, 6.45) is 8.37. The predicted molar refractivity (Wildman–Crippen MR) is 48.4 cm³/mol. The molecule has 0 aliphatic rings. The van der Waals surface area contributed by atoms with E-state index in [0.29, 0.717) is 0 Å². The van der Waals surface area contributed by atoms with Gasteiger partial charge in [0.05, 0.1) is 13.3 Å². The van der Waals surface area contributed by atoms with Gasteiger partial charge in [0.2, 0.25) is 0 Å². The fraction of sp³-hybridized carbons (Fsp3) is 0.800. The molecule has 0 N–H and O–H groups in total. The second-order valence-corrected chi connectivity index (χ2v) is 3.13. The number of aldehydes is 1. The Morgan fingerprint density at radius 1 is 1.18 bits per heavy atom. The van der Waals surface area contributed by atoms with Crippen LogP contribution in [0, 0.1) is 5.92 Å². The zero-order valence-electron chi connectivity index (χ0n) is 7.73. The van der Waals surface area contributed by atoms with E-state index < -0.39 is 0 Å². The summed E-state index contributed by atoms with van der Waals surface area (Å²) in [7, 11) is 0.